The number of methoxy groups -OCH3 is 1. The van der Waals surface area contributed by atoms with Crippen LogP contribution in [0.4, 0.5) is 0 Å². The van der Waals surface area contributed by atoms with Crippen LogP contribution in [0.3, 0.4) is 0 Å². The van der Waals surface area contributed by atoms with E-state index >= 15 is 0 Å². The molecule has 1 heterocycles. The zero-order valence-corrected chi connectivity index (χ0v) is 11.7. The molecule has 1 aliphatic heterocycles. The molecule has 0 aromatic heterocycles. The van der Waals surface area contributed by atoms with Gasteiger partial charge in [0.1, 0.15) is 0 Å². The molecule has 1 amide bonds. The summed E-state index contributed by atoms with van der Waals surface area (Å²) in [5.74, 6) is 1.14. The summed E-state index contributed by atoms with van der Waals surface area (Å²) in [7, 11) is 1.67. The molecule has 1 fully saturated rings. The minimum atomic E-state index is -0.0318. The fourth-order valence-corrected chi connectivity index (χ4v) is 2.28. The lowest BCUT2D eigenvalue weighted by Crippen LogP contribution is -2.40. The quantitative estimate of drug-likeness (QED) is 0.766. The molecule has 0 saturated carbocycles. The molecule has 0 spiro atoms. The number of carbonyl (C=O) groups excluding carboxylic acids is 1. The van der Waals surface area contributed by atoms with Gasteiger partial charge in [0.25, 0.3) is 0 Å². The van der Waals surface area contributed by atoms with Crippen LogP contribution >= 0.6 is 0 Å². The third-order valence-corrected chi connectivity index (χ3v) is 3.19. The van der Waals surface area contributed by atoms with E-state index < -0.39 is 0 Å². The first-order valence-electron chi connectivity index (χ1n) is 6.52. The molecule has 2 atom stereocenters. The monoisotopic (exact) mass is 242 g/mol. The van der Waals surface area contributed by atoms with Crippen LogP contribution in [-0.2, 0) is 9.53 Å². The minimum Gasteiger partial charge on any atom is -0.383 e. The van der Waals surface area contributed by atoms with Crippen LogP contribution in [0, 0.1) is 11.8 Å². The maximum atomic E-state index is 12.3. The highest BCUT2D eigenvalue weighted by atomic mass is 16.5. The van der Waals surface area contributed by atoms with Gasteiger partial charge in [-0.1, -0.05) is 27.7 Å². The number of nitrogens with zero attached hydrogens (tertiary/aromatic N) is 1. The Bertz CT molecular complexity index is 254. The second-order valence-corrected chi connectivity index (χ2v) is 5.56. The van der Waals surface area contributed by atoms with Crippen LogP contribution in [-0.4, -0.2) is 43.3 Å². The van der Waals surface area contributed by atoms with E-state index in [1.54, 1.807) is 7.11 Å². The van der Waals surface area contributed by atoms with Crippen LogP contribution in [0.25, 0.3) is 0 Å². The molecule has 0 aromatic rings. The molecule has 0 bridgehead atoms. The zero-order valence-electron chi connectivity index (χ0n) is 11.7. The Hall–Kier alpha value is -0.610. The van der Waals surface area contributed by atoms with Crippen molar-refractivity contribution in [2.24, 2.45) is 11.8 Å². The van der Waals surface area contributed by atoms with Gasteiger partial charge in [-0.25, -0.2) is 0 Å². The van der Waals surface area contributed by atoms with Gasteiger partial charge in [0, 0.05) is 13.7 Å². The molecule has 1 rings (SSSR count). The predicted molar refractivity (Wildman–Crippen MR) is 68.6 cm³/mol. The largest absolute Gasteiger partial charge is 0.383 e. The number of rotatable bonds is 6. The summed E-state index contributed by atoms with van der Waals surface area (Å²) in [4.78, 5) is 14.2. The molecular weight excluding hydrogens is 216 g/mol. The van der Waals surface area contributed by atoms with Gasteiger partial charge in [-0.2, -0.15) is 0 Å². The summed E-state index contributed by atoms with van der Waals surface area (Å²) in [6, 6.07) is -0.0318. The highest BCUT2D eigenvalue weighted by molar-refractivity contribution is 5.84. The lowest BCUT2D eigenvalue weighted by atomic mass is 10.0. The first-order chi connectivity index (χ1) is 7.97. The molecule has 4 nitrogen and oxygen atoms in total. The number of hydrogen-bond acceptors (Lipinski definition) is 3. The Kier molecular flexibility index (Phi) is 5.40. The summed E-state index contributed by atoms with van der Waals surface area (Å²) >= 11 is 0. The number of amides is 1. The maximum absolute atomic E-state index is 12.3. The summed E-state index contributed by atoms with van der Waals surface area (Å²) in [6.45, 7) is 9.83. The van der Waals surface area contributed by atoms with Crippen molar-refractivity contribution in [2.45, 2.75) is 46.3 Å². The van der Waals surface area contributed by atoms with E-state index in [9.17, 15) is 4.79 Å². The Morgan fingerprint density at radius 1 is 1.35 bits per heavy atom. The normalized spacial score (nSPS) is 25.4. The molecule has 1 N–H and O–H groups in total. The SMILES string of the molecule is COCCN1C(=O)C(C(C)C)NC1CC(C)C. The molecule has 1 saturated heterocycles. The average Bonchev–Trinajstić information content (AvgIpc) is 2.52. The molecule has 0 aliphatic carbocycles. The van der Waals surface area contributed by atoms with Crippen molar-refractivity contribution in [3.8, 4) is 0 Å². The van der Waals surface area contributed by atoms with Gasteiger partial charge in [0.05, 0.1) is 18.8 Å². The van der Waals surface area contributed by atoms with Crippen LogP contribution < -0.4 is 5.32 Å². The van der Waals surface area contributed by atoms with E-state index in [0.717, 1.165) is 6.42 Å². The van der Waals surface area contributed by atoms with Crippen molar-refractivity contribution < 1.29 is 9.53 Å². The van der Waals surface area contributed by atoms with Crippen LogP contribution in [0.2, 0.25) is 0 Å². The molecular formula is C13H26N2O2. The maximum Gasteiger partial charge on any atom is 0.241 e. The lowest BCUT2D eigenvalue weighted by molar-refractivity contribution is -0.131. The number of carbonyl (C=O) groups is 1. The molecule has 100 valence electrons. The van der Waals surface area contributed by atoms with Crippen molar-refractivity contribution in [2.75, 3.05) is 20.3 Å². The van der Waals surface area contributed by atoms with Crippen LogP contribution in [0.1, 0.15) is 34.1 Å². The summed E-state index contributed by atoms with van der Waals surface area (Å²) < 4.78 is 5.08. The Morgan fingerprint density at radius 2 is 2.00 bits per heavy atom. The van der Waals surface area contributed by atoms with E-state index in [1.807, 2.05) is 4.90 Å². The van der Waals surface area contributed by atoms with Gasteiger partial charge in [-0.15, -0.1) is 0 Å². The Balaban J connectivity index is 2.69. The van der Waals surface area contributed by atoms with Gasteiger partial charge in [0.15, 0.2) is 0 Å². The first kappa shape index (κ1) is 14.5. The van der Waals surface area contributed by atoms with Gasteiger partial charge < -0.3 is 9.64 Å². The standard InChI is InChI=1S/C13H26N2O2/c1-9(2)8-11-14-12(10(3)4)13(16)15(11)6-7-17-5/h9-12,14H,6-8H2,1-5H3. The van der Waals surface area contributed by atoms with Crippen LogP contribution in [0.15, 0.2) is 0 Å². The second kappa shape index (κ2) is 6.36. The van der Waals surface area contributed by atoms with Gasteiger partial charge in [0.2, 0.25) is 5.91 Å². The van der Waals surface area contributed by atoms with Crippen molar-refractivity contribution >= 4 is 5.91 Å². The van der Waals surface area contributed by atoms with E-state index in [2.05, 4.69) is 33.0 Å². The summed E-state index contributed by atoms with van der Waals surface area (Å²) in [5, 5.41) is 3.45. The minimum absolute atomic E-state index is 0.0318. The third kappa shape index (κ3) is 3.68. The smallest absolute Gasteiger partial charge is 0.241 e. The Morgan fingerprint density at radius 3 is 2.47 bits per heavy atom. The predicted octanol–water partition coefficient (Wildman–Crippen LogP) is 1.46. The molecule has 4 heteroatoms. The van der Waals surface area contributed by atoms with E-state index in [0.29, 0.717) is 25.0 Å². The fourth-order valence-electron chi connectivity index (χ4n) is 2.28. The van der Waals surface area contributed by atoms with E-state index in [1.165, 1.54) is 0 Å². The van der Waals surface area contributed by atoms with Crippen LogP contribution in [0.5, 0.6) is 0 Å². The molecule has 0 aromatic carbocycles. The second-order valence-electron chi connectivity index (χ2n) is 5.56. The van der Waals surface area contributed by atoms with Crippen molar-refractivity contribution in [1.82, 2.24) is 10.2 Å². The van der Waals surface area contributed by atoms with E-state index in [-0.39, 0.29) is 18.1 Å². The zero-order chi connectivity index (χ0) is 13.0. The summed E-state index contributed by atoms with van der Waals surface area (Å²) in [5.41, 5.74) is 0. The highest BCUT2D eigenvalue weighted by Crippen LogP contribution is 2.21. The number of ether oxygens (including phenoxy) is 1. The van der Waals surface area contributed by atoms with Crippen molar-refractivity contribution in [3.05, 3.63) is 0 Å². The Labute approximate surface area is 105 Å². The average molecular weight is 242 g/mol. The first-order valence-corrected chi connectivity index (χ1v) is 6.52. The van der Waals surface area contributed by atoms with E-state index in [4.69, 9.17) is 4.74 Å². The van der Waals surface area contributed by atoms with Gasteiger partial charge in [-0.3, -0.25) is 10.1 Å². The van der Waals surface area contributed by atoms with Gasteiger partial charge >= 0.3 is 0 Å². The number of nitrogens with one attached hydrogen (secondary N) is 1. The lowest BCUT2D eigenvalue weighted by Gasteiger charge is -2.25. The molecule has 17 heavy (non-hydrogen) atoms. The van der Waals surface area contributed by atoms with Crippen molar-refractivity contribution in [1.29, 1.82) is 0 Å². The van der Waals surface area contributed by atoms with Crippen molar-refractivity contribution in [3.63, 3.8) is 0 Å². The van der Waals surface area contributed by atoms with Gasteiger partial charge in [-0.05, 0) is 18.3 Å². The number of hydrogen-bond donors (Lipinski definition) is 1. The third-order valence-electron chi connectivity index (χ3n) is 3.19. The summed E-state index contributed by atoms with van der Waals surface area (Å²) in [6.07, 6.45) is 1.17. The highest BCUT2D eigenvalue weighted by Gasteiger charge is 2.39. The molecule has 2 unspecified atom stereocenters. The molecule has 0 radical (unpaired) electrons. The molecule has 1 aliphatic rings. The fraction of sp³-hybridized carbons (Fsp3) is 0.923. The topological polar surface area (TPSA) is 41.6 Å².